The topological polar surface area (TPSA) is 109 Å². The maximum absolute atomic E-state index is 12.7. The Labute approximate surface area is 190 Å². The Morgan fingerprint density at radius 1 is 1.00 bits per heavy atom. The summed E-state index contributed by atoms with van der Waals surface area (Å²) < 4.78 is 5.45. The van der Waals surface area contributed by atoms with Crippen molar-refractivity contribution in [2.75, 3.05) is 26.2 Å². The van der Waals surface area contributed by atoms with Crippen LogP contribution < -0.4 is 5.32 Å². The van der Waals surface area contributed by atoms with Crippen LogP contribution in [-0.4, -0.2) is 63.8 Å². The van der Waals surface area contributed by atoms with Gasteiger partial charge in [0.05, 0.1) is 0 Å². The van der Waals surface area contributed by atoms with Crippen molar-refractivity contribution in [3.8, 4) is 0 Å². The highest BCUT2D eigenvalue weighted by Crippen LogP contribution is 2.34. The van der Waals surface area contributed by atoms with Crippen molar-refractivity contribution in [2.45, 2.75) is 84.6 Å². The Morgan fingerprint density at radius 2 is 1.59 bits per heavy atom. The van der Waals surface area contributed by atoms with Gasteiger partial charge in [0.1, 0.15) is 5.54 Å². The molecule has 0 aromatic carbocycles. The Hall–Kier alpha value is -2.45. The van der Waals surface area contributed by atoms with Crippen molar-refractivity contribution in [3.05, 3.63) is 11.7 Å². The van der Waals surface area contributed by atoms with Crippen LogP contribution in [0, 0.1) is 5.41 Å². The van der Waals surface area contributed by atoms with Crippen molar-refractivity contribution in [2.24, 2.45) is 5.41 Å². The quantitative estimate of drug-likeness (QED) is 0.695. The summed E-state index contributed by atoms with van der Waals surface area (Å²) in [4.78, 5) is 45.2. The van der Waals surface area contributed by atoms with Gasteiger partial charge in [-0.05, 0) is 12.8 Å². The van der Waals surface area contributed by atoms with Crippen LogP contribution in [0.3, 0.4) is 0 Å². The highest BCUT2D eigenvalue weighted by Gasteiger charge is 2.38. The Kier molecular flexibility index (Phi) is 7.56. The Bertz CT molecular complexity index is 813. The van der Waals surface area contributed by atoms with E-state index in [1.807, 2.05) is 25.7 Å². The van der Waals surface area contributed by atoms with Gasteiger partial charge in [0.25, 0.3) is 0 Å². The molecule has 1 saturated carbocycles. The number of hydrogen-bond donors (Lipinski definition) is 1. The first-order valence-electron chi connectivity index (χ1n) is 11.8. The molecule has 2 aliphatic rings. The van der Waals surface area contributed by atoms with Crippen LogP contribution in [0.25, 0.3) is 0 Å². The van der Waals surface area contributed by atoms with E-state index in [2.05, 4.69) is 15.5 Å². The summed E-state index contributed by atoms with van der Waals surface area (Å²) in [7, 11) is 0. The third-order valence-corrected chi connectivity index (χ3v) is 6.38. The largest absolute Gasteiger partial charge is 0.343 e. The van der Waals surface area contributed by atoms with Gasteiger partial charge in [-0.15, -0.1) is 0 Å². The fraction of sp³-hybridized carbons (Fsp3) is 0.783. The second kappa shape index (κ2) is 10.0. The number of carbonyl (C=O) groups is 3. The standard InChI is InChI=1S/C23H37N5O4/c1-17(29)25-23(11-7-5-6-8-12-23)20-24-18(32-26-20)9-10-19(30)27-13-15-28(16-14-27)21(31)22(2,3)4/h5-16H2,1-4H3,(H,25,29). The second-order valence-corrected chi connectivity index (χ2v) is 10.1. The van der Waals surface area contributed by atoms with E-state index < -0.39 is 11.0 Å². The lowest BCUT2D eigenvalue weighted by Gasteiger charge is -2.37. The van der Waals surface area contributed by atoms with Crippen LogP contribution in [0.1, 0.15) is 84.4 Å². The van der Waals surface area contributed by atoms with Crippen LogP contribution in [0.2, 0.25) is 0 Å². The number of hydrogen-bond acceptors (Lipinski definition) is 6. The molecule has 2 fully saturated rings. The predicted molar refractivity (Wildman–Crippen MR) is 118 cm³/mol. The normalized spacial score (nSPS) is 19.4. The monoisotopic (exact) mass is 447 g/mol. The zero-order valence-corrected chi connectivity index (χ0v) is 19.9. The highest BCUT2D eigenvalue weighted by molar-refractivity contribution is 5.82. The van der Waals surface area contributed by atoms with Crippen LogP contribution in [0.4, 0.5) is 0 Å². The minimum atomic E-state index is -0.579. The number of amides is 3. The van der Waals surface area contributed by atoms with Gasteiger partial charge in [-0.3, -0.25) is 14.4 Å². The van der Waals surface area contributed by atoms with E-state index in [-0.39, 0.29) is 24.1 Å². The molecule has 3 rings (SSSR count). The molecule has 32 heavy (non-hydrogen) atoms. The van der Waals surface area contributed by atoms with Gasteiger partial charge in [-0.1, -0.05) is 51.6 Å². The number of rotatable bonds is 5. The smallest absolute Gasteiger partial charge is 0.228 e. The van der Waals surface area contributed by atoms with Crippen molar-refractivity contribution < 1.29 is 18.9 Å². The molecule has 1 saturated heterocycles. The molecule has 9 heteroatoms. The molecule has 1 N–H and O–H groups in total. The van der Waals surface area contributed by atoms with Crippen molar-refractivity contribution in [1.29, 1.82) is 0 Å². The minimum Gasteiger partial charge on any atom is -0.343 e. The van der Waals surface area contributed by atoms with E-state index in [1.54, 1.807) is 4.90 Å². The maximum atomic E-state index is 12.7. The molecule has 0 unspecified atom stereocenters. The molecule has 1 aliphatic carbocycles. The summed E-state index contributed by atoms with van der Waals surface area (Å²) in [5, 5.41) is 7.25. The molecular formula is C23H37N5O4. The molecule has 3 amide bonds. The van der Waals surface area contributed by atoms with Crippen molar-refractivity contribution >= 4 is 17.7 Å². The number of aromatic nitrogens is 2. The fourth-order valence-corrected chi connectivity index (χ4v) is 4.63. The number of nitrogens with one attached hydrogen (secondary N) is 1. The summed E-state index contributed by atoms with van der Waals surface area (Å²) in [6.07, 6.45) is 6.51. The van der Waals surface area contributed by atoms with Crippen molar-refractivity contribution in [1.82, 2.24) is 25.3 Å². The van der Waals surface area contributed by atoms with Gasteiger partial charge in [-0.2, -0.15) is 4.98 Å². The van der Waals surface area contributed by atoms with E-state index in [0.717, 1.165) is 38.5 Å². The SMILES string of the molecule is CC(=O)NC1(c2noc(CCC(=O)N3CCN(C(=O)C(C)(C)C)CC3)n2)CCCCCC1. The molecule has 9 nitrogen and oxygen atoms in total. The molecule has 2 heterocycles. The van der Waals surface area contributed by atoms with Crippen LogP contribution >= 0.6 is 0 Å². The molecule has 0 radical (unpaired) electrons. The first kappa shape index (κ1) is 24.2. The fourth-order valence-electron chi connectivity index (χ4n) is 4.63. The Balaban J connectivity index is 1.55. The third-order valence-electron chi connectivity index (χ3n) is 6.38. The third kappa shape index (κ3) is 5.86. The average Bonchev–Trinajstić information content (AvgIpc) is 3.10. The van der Waals surface area contributed by atoms with Gasteiger partial charge >= 0.3 is 0 Å². The van der Waals surface area contributed by atoms with Gasteiger partial charge in [0.15, 0.2) is 5.82 Å². The summed E-state index contributed by atoms with van der Waals surface area (Å²) in [5.74, 6) is 0.987. The maximum Gasteiger partial charge on any atom is 0.228 e. The minimum absolute atomic E-state index is 0.0265. The van der Waals surface area contributed by atoms with E-state index >= 15 is 0 Å². The van der Waals surface area contributed by atoms with E-state index in [0.29, 0.717) is 44.3 Å². The predicted octanol–water partition coefficient (Wildman–Crippen LogP) is 2.40. The molecule has 0 bridgehead atoms. The second-order valence-electron chi connectivity index (χ2n) is 10.1. The molecule has 0 spiro atoms. The van der Waals surface area contributed by atoms with Gasteiger partial charge in [0, 0.05) is 51.4 Å². The van der Waals surface area contributed by atoms with E-state index in [1.165, 1.54) is 6.92 Å². The molecule has 0 atom stereocenters. The average molecular weight is 448 g/mol. The molecule has 178 valence electrons. The Morgan fingerprint density at radius 3 is 2.16 bits per heavy atom. The zero-order chi connectivity index (χ0) is 23.4. The van der Waals surface area contributed by atoms with Gasteiger partial charge in [-0.25, -0.2) is 0 Å². The van der Waals surface area contributed by atoms with E-state index in [9.17, 15) is 14.4 Å². The molecule has 1 aromatic heterocycles. The summed E-state index contributed by atoms with van der Waals surface area (Å²) >= 11 is 0. The lowest BCUT2D eigenvalue weighted by molar-refractivity contribution is -0.144. The molecule has 1 aliphatic heterocycles. The van der Waals surface area contributed by atoms with Crippen LogP contribution in [0.5, 0.6) is 0 Å². The number of piperazine rings is 1. The lowest BCUT2D eigenvalue weighted by Crippen LogP contribution is -2.53. The summed E-state index contributed by atoms with van der Waals surface area (Å²) in [6, 6.07) is 0. The summed E-state index contributed by atoms with van der Waals surface area (Å²) in [6.45, 7) is 9.46. The first-order chi connectivity index (χ1) is 15.1. The number of aryl methyl sites for hydroxylation is 1. The van der Waals surface area contributed by atoms with Gasteiger partial charge in [0.2, 0.25) is 23.6 Å². The number of carbonyl (C=O) groups excluding carboxylic acids is 3. The molecular weight excluding hydrogens is 410 g/mol. The number of nitrogens with zero attached hydrogens (tertiary/aromatic N) is 4. The first-order valence-corrected chi connectivity index (χ1v) is 11.8. The zero-order valence-electron chi connectivity index (χ0n) is 19.9. The molecule has 1 aromatic rings. The van der Waals surface area contributed by atoms with Crippen LogP contribution in [0.15, 0.2) is 4.52 Å². The van der Waals surface area contributed by atoms with Gasteiger partial charge < -0.3 is 19.6 Å². The van der Waals surface area contributed by atoms with Crippen molar-refractivity contribution in [3.63, 3.8) is 0 Å². The van der Waals surface area contributed by atoms with Crippen LogP contribution in [-0.2, 0) is 26.3 Å². The summed E-state index contributed by atoms with van der Waals surface area (Å²) in [5.41, 5.74) is -0.988. The highest BCUT2D eigenvalue weighted by atomic mass is 16.5. The lowest BCUT2D eigenvalue weighted by atomic mass is 9.89. The van der Waals surface area contributed by atoms with E-state index in [4.69, 9.17) is 4.52 Å².